The van der Waals surface area contributed by atoms with E-state index in [9.17, 15) is 10.1 Å². The molecule has 3 nitrogen and oxygen atoms in total. The Balaban J connectivity index is 1.81. The Morgan fingerprint density at radius 1 is 1.35 bits per heavy atom. The number of benzene rings is 1. The third-order valence-corrected chi connectivity index (χ3v) is 4.71. The number of hydrogen-bond donors (Lipinski definition) is 1. The smallest absolute Gasteiger partial charge is 0.237 e. The molecule has 0 aromatic heterocycles. The minimum absolute atomic E-state index is 0.130. The average molecular weight is 288 g/mol. The monoisotopic (exact) mass is 288 g/mol. The third-order valence-electron chi connectivity index (χ3n) is 3.66. The molecule has 2 rings (SSSR count). The Morgan fingerprint density at radius 2 is 2.05 bits per heavy atom. The lowest BCUT2D eigenvalue weighted by Gasteiger charge is -2.22. The van der Waals surface area contributed by atoms with Gasteiger partial charge in [0.25, 0.3) is 0 Å². The number of carbonyl (C=O) groups excluding carboxylic acids is 1. The van der Waals surface area contributed by atoms with Gasteiger partial charge in [-0.25, -0.2) is 0 Å². The lowest BCUT2D eigenvalue weighted by molar-refractivity contribution is -0.123. The van der Waals surface area contributed by atoms with Crippen molar-refractivity contribution in [1.29, 1.82) is 5.26 Å². The van der Waals surface area contributed by atoms with Crippen molar-refractivity contribution in [1.82, 2.24) is 5.32 Å². The van der Waals surface area contributed by atoms with E-state index < -0.39 is 5.92 Å². The quantitative estimate of drug-likeness (QED) is 0.906. The van der Waals surface area contributed by atoms with Crippen molar-refractivity contribution in [2.24, 2.45) is 11.8 Å². The van der Waals surface area contributed by atoms with Crippen LogP contribution >= 0.6 is 11.8 Å². The summed E-state index contributed by atoms with van der Waals surface area (Å²) in [6.07, 6.45) is 2.82. The number of amides is 1. The zero-order valence-electron chi connectivity index (χ0n) is 11.5. The van der Waals surface area contributed by atoms with Gasteiger partial charge >= 0.3 is 0 Å². The topological polar surface area (TPSA) is 52.9 Å². The summed E-state index contributed by atoms with van der Waals surface area (Å²) in [6.45, 7) is 0.715. The second-order valence-electron chi connectivity index (χ2n) is 5.17. The summed E-state index contributed by atoms with van der Waals surface area (Å²) in [6, 6.07) is 11.8. The van der Waals surface area contributed by atoms with Crippen molar-refractivity contribution in [3.63, 3.8) is 0 Å². The zero-order valence-corrected chi connectivity index (χ0v) is 12.4. The molecule has 1 amide bonds. The molecule has 1 fully saturated rings. The van der Waals surface area contributed by atoms with E-state index in [0.717, 1.165) is 5.56 Å². The summed E-state index contributed by atoms with van der Waals surface area (Å²) in [7, 11) is 0. The minimum atomic E-state index is -0.588. The number of thioether (sulfide) groups is 1. The average Bonchev–Trinajstić information content (AvgIpc) is 2.52. The van der Waals surface area contributed by atoms with E-state index >= 15 is 0 Å². The summed E-state index contributed by atoms with van der Waals surface area (Å²) in [5.41, 5.74) is 1.03. The van der Waals surface area contributed by atoms with Gasteiger partial charge in [0.05, 0.1) is 6.07 Å². The fraction of sp³-hybridized carbons (Fsp3) is 0.500. The number of rotatable bonds is 5. The van der Waals surface area contributed by atoms with Crippen LogP contribution in [0, 0.1) is 23.2 Å². The first-order chi connectivity index (χ1) is 9.79. The number of nitrogens with zero attached hydrogens (tertiary/aromatic N) is 1. The molecule has 1 aliphatic heterocycles. The Morgan fingerprint density at radius 3 is 2.70 bits per heavy atom. The highest BCUT2D eigenvalue weighted by Gasteiger charge is 2.20. The van der Waals surface area contributed by atoms with Gasteiger partial charge in [-0.2, -0.15) is 17.0 Å². The van der Waals surface area contributed by atoms with Crippen LogP contribution in [-0.2, 0) is 11.2 Å². The Kier molecular flexibility index (Phi) is 5.94. The van der Waals surface area contributed by atoms with Gasteiger partial charge in [0, 0.05) is 6.54 Å². The van der Waals surface area contributed by atoms with E-state index in [2.05, 4.69) is 11.4 Å². The Bertz CT molecular complexity index is 463. The van der Waals surface area contributed by atoms with Gasteiger partial charge in [-0.05, 0) is 42.2 Å². The zero-order chi connectivity index (χ0) is 14.2. The van der Waals surface area contributed by atoms with Gasteiger partial charge < -0.3 is 5.32 Å². The molecule has 1 aromatic carbocycles. The molecule has 0 spiro atoms. The third kappa shape index (κ3) is 4.57. The molecule has 1 saturated heterocycles. The maximum absolute atomic E-state index is 12.1. The highest BCUT2D eigenvalue weighted by atomic mass is 32.2. The maximum atomic E-state index is 12.1. The molecule has 20 heavy (non-hydrogen) atoms. The summed E-state index contributed by atoms with van der Waals surface area (Å²) >= 11 is 1.98. The summed E-state index contributed by atoms with van der Waals surface area (Å²) in [5, 5.41) is 12.1. The second kappa shape index (κ2) is 7.96. The molecule has 1 aromatic rings. The highest BCUT2D eigenvalue weighted by molar-refractivity contribution is 7.99. The van der Waals surface area contributed by atoms with E-state index in [1.165, 1.54) is 24.3 Å². The molecule has 0 saturated carbocycles. The fourth-order valence-corrected chi connectivity index (χ4v) is 3.57. The minimum Gasteiger partial charge on any atom is -0.355 e. The summed E-state index contributed by atoms with van der Waals surface area (Å²) < 4.78 is 0. The molecule has 1 unspecified atom stereocenters. The molecule has 1 N–H and O–H groups in total. The summed E-state index contributed by atoms with van der Waals surface area (Å²) in [5.74, 6) is 2.24. The normalized spacial score (nSPS) is 17.1. The predicted octanol–water partition coefficient (Wildman–Crippen LogP) is 2.63. The van der Waals surface area contributed by atoms with Crippen molar-refractivity contribution >= 4 is 17.7 Å². The van der Waals surface area contributed by atoms with Gasteiger partial charge in [-0.3, -0.25) is 4.79 Å². The van der Waals surface area contributed by atoms with Gasteiger partial charge in [-0.15, -0.1) is 0 Å². The number of nitrogens with one attached hydrogen (secondary N) is 1. The maximum Gasteiger partial charge on any atom is 0.237 e. The first kappa shape index (κ1) is 14.9. The van der Waals surface area contributed by atoms with E-state index in [1.54, 1.807) is 0 Å². The van der Waals surface area contributed by atoms with Crippen LogP contribution in [0.25, 0.3) is 0 Å². The predicted molar refractivity (Wildman–Crippen MR) is 82.3 cm³/mol. The molecule has 106 valence electrons. The molecule has 0 aliphatic carbocycles. The van der Waals surface area contributed by atoms with Crippen molar-refractivity contribution in [3.8, 4) is 6.07 Å². The first-order valence-corrected chi connectivity index (χ1v) is 8.24. The summed E-state index contributed by atoms with van der Waals surface area (Å²) in [4.78, 5) is 12.1. The van der Waals surface area contributed by atoms with Gasteiger partial charge in [0.2, 0.25) is 5.91 Å². The van der Waals surface area contributed by atoms with Gasteiger partial charge in [0.1, 0.15) is 5.92 Å². The number of carbonyl (C=O) groups is 1. The van der Waals surface area contributed by atoms with Crippen LogP contribution in [-0.4, -0.2) is 24.0 Å². The first-order valence-electron chi connectivity index (χ1n) is 7.08. The molecule has 1 atom stereocenters. The lowest BCUT2D eigenvalue weighted by Crippen LogP contribution is -2.35. The van der Waals surface area contributed by atoms with Crippen LogP contribution in [0.3, 0.4) is 0 Å². The molecular formula is C16H20N2OS. The van der Waals surface area contributed by atoms with Gasteiger partial charge in [0.15, 0.2) is 0 Å². The van der Waals surface area contributed by atoms with Crippen LogP contribution in [0.4, 0.5) is 0 Å². The van der Waals surface area contributed by atoms with Crippen LogP contribution in [0.2, 0.25) is 0 Å². The second-order valence-corrected chi connectivity index (χ2v) is 6.40. The lowest BCUT2D eigenvalue weighted by atomic mass is 9.98. The van der Waals surface area contributed by atoms with E-state index in [0.29, 0.717) is 18.9 Å². The molecular weight excluding hydrogens is 268 g/mol. The molecule has 0 radical (unpaired) electrons. The molecule has 4 heteroatoms. The highest BCUT2D eigenvalue weighted by Crippen LogP contribution is 2.22. The Hall–Kier alpha value is -1.47. The van der Waals surface area contributed by atoms with Crippen LogP contribution < -0.4 is 5.32 Å². The van der Waals surface area contributed by atoms with Crippen molar-refractivity contribution in [3.05, 3.63) is 35.9 Å². The Labute approximate surface area is 124 Å². The van der Waals surface area contributed by atoms with Crippen LogP contribution in [0.5, 0.6) is 0 Å². The number of hydrogen-bond acceptors (Lipinski definition) is 3. The number of nitriles is 1. The van der Waals surface area contributed by atoms with Gasteiger partial charge in [-0.1, -0.05) is 30.3 Å². The van der Waals surface area contributed by atoms with Crippen molar-refractivity contribution < 1.29 is 4.79 Å². The van der Waals surface area contributed by atoms with Crippen LogP contribution in [0.1, 0.15) is 18.4 Å². The van der Waals surface area contributed by atoms with Crippen molar-refractivity contribution in [2.75, 3.05) is 18.1 Å². The SMILES string of the molecule is N#CC(Cc1ccccc1)C(=O)NCC1CCSCC1. The van der Waals surface area contributed by atoms with E-state index in [1.807, 2.05) is 42.1 Å². The standard InChI is InChI=1S/C16H20N2OS/c17-11-15(10-13-4-2-1-3-5-13)16(19)18-12-14-6-8-20-9-7-14/h1-5,14-15H,6-10,12H2,(H,18,19). The molecule has 1 heterocycles. The molecule has 1 aliphatic rings. The largest absolute Gasteiger partial charge is 0.355 e. The van der Waals surface area contributed by atoms with Crippen LogP contribution in [0.15, 0.2) is 30.3 Å². The van der Waals surface area contributed by atoms with Crippen molar-refractivity contribution in [2.45, 2.75) is 19.3 Å². The van der Waals surface area contributed by atoms with E-state index in [4.69, 9.17) is 0 Å². The van der Waals surface area contributed by atoms with E-state index in [-0.39, 0.29) is 5.91 Å². The fourth-order valence-electron chi connectivity index (χ4n) is 2.37. The molecule has 0 bridgehead atoms.